The van der Waals surface area contributed by atoms with Crippen LogP contribution in [0.5, 0.6) is 0 Å². The molecule has 6 aromatic carbocycles. The van der Waals surface area contributed by atoms with Gasteiger partial charge in [0.1, 0.15) is 0 Å². The van der Waals surface area contributed by atoms with E-state index in [-0.39, 0.29) is 42.1 Å². The molecule has 6 aromatic rings. The molecule has 0 saturated heterocycles. The monoisotopic (exact) mass is 917 g/mol. The van der Waals surface area contributed by atoms with Crippen LogP contribution in [0.1, 0.15) is 41.5 Å². The Morgan fingerprint density at radius 3 is 0.526 bits per heavy atom. The van der Waals surface area contributed by atoms with E-state index in [0.29, 0.717) is 18.1 Å². The molecule has 9 heteroatoms. The summed E-state index contributed by atoms with van der Waals surface area (Å²) in [5.41, 5.74) is 0. The summed E-state index contributed by atoms with van der Waals surface area (Å²) in [5, 5.41) is 22.9. The first kappa shape index (κ1) is 53.0. The Labute approximate surface area is 372 Å². The van der Waals surface area contributed by atoms with Gasteiger partial charge >= 0.3 is 16.8 Å². The van der Waals surface area contributed by atoms with Crippen molar-refractivity contribution in [1.82, 2.24) is 0 Å². The summed E-state index contributed by atoms with van der Waals surface area (Å²) >= 11 is 0. The third-order valence-electron chi connectivity index (χ3n) is 7.45. The summed E-state index contributed by atoms with van der Waals surface area (Å²) in [6, 6.07) is 64.9. The van der Waals surface area contributed by atoms with Crippen LogP contribution in [0.4, 0.5) is 0 Å². The van der Waals surface area contributed by atoms with Crippen molar-refractivity contribution in [2.45, 2.75) is 59.7 Å². The van der Waals surface area contributed by atoms with E-state index in [1.165, 1.54) is 31.8 Å². The van der Waals surface area contributed by atoms with Crippen molar-refractivity contribution >= 4 is 64.0 Å². The molecule has 0 aromatic heterocycles. The van der Waals surface area contributed by atoms with Gasteiger partial charge in [0, 0.05) is 37.4 Å². The van der Waals surface area contributed by atoms with Crippen molar-refractivity contribution in [3.05, 3.63) is 197 Å². The molecule has 3 nitrogen and oxygen atoms in total. The van der Waals surface area contributed by atoms with Gasteiger partial charge in [-0.15, -0.1) is 18.1 Å². The quantitative estimate of drug-likeness (QED) is 0.110. The van der Waals surface area contributed by atoms with Crippen molar-refractivity contribution < 1.29 is 34.1 Å². The zero-order chi connectivity index (χ0) is 39.8. The van der Waals surface area contributed by atoms with Crippen LogP contribution in [0.2, 0.25) is 0 Å². The van der Waals surface area contributed by atoms with Crippen molar-refractivity contribution in [2.24, 2.45) is 0 Å². The van der Waals surface area contributed by atoms with Crippen LogP contribution in [-0.4, -0.2) is 38.1 Å². The minimum Gasteiger partial charge on any atom is -0.481 e. The van der Waals surface area contributed by atoms with Gasteiger partial charge < -0.3 is 15.3 Å². The molecule has 6 rings (SSSR count). The molecule has 0 N–H and O–H groups in total. The zero-order valence-electron chi connectivity index (χ0n) is 35.1. The number of benzene rings is 6. The van der Waals surface area contributed by atoms with E-state index in [1.54, 1.807) is 0 Å². The Kier molecular flexibility index (Phi) is 28.7. The van der Waals surface area contributed by atoms with E-state index >= 15 is 0 Å². The van der Waals surface area contributed by atoms with E-state index in [0.717, 1.165) is 0 Å². The molecule has 0 aliphatic heterocycles. The van der Waals surface area contributed by atoms with Gasteiger partial charge in [-0.1, -0.05) is 151 Å². The van der Waals surface area contributed by atoms with Crippen molar-refractivity contribution in [1.29, 1.82) is 0 Å². The van der Waals surface area contributed by atoms with E-state index in [1.807, 2.05) is 0 Å². The topological polar surface area (TPSA) is 42.3 Å². The first-order valence-corrected chi connectivity index (χ1v) is 26.7. The smallest absolute Gasteiger partial charge is 0.481 e. The first-order valence-electron chi connectivity index (χ1n) is 19.4. The minimum absolute atomic E-state index is 0. The maximum absolute atomic E-state index is 4.92. The summed E-state index contributed by atoms with van der Waals surface area (Å²) in [6.07, 6.45) is 0. The second-order valence-electron chi connectivity index (χ2n) is 14.4. The third kappa shape index (κ3) is 21.7. The molecule has 0 heterocycles. The van der Waals surface area contributed by atoms with E-state index in [9.17, 15) is 0 Å². The van der Waals surface area contributed by atoms with Crippen molar-refractivity contribution in [2.75, 3.05) is 20.0 Å². The predicted molar refractivity (Wildman–Crippen MR) is 263 cm³/mol. The molecule has 0 aliphatic carbocycles. The van der Waals surface area contributed by atoms with E-state index in [4.69, 9.17) is 15.3 Å². The summed E-state index contributed by atoms with van der Waals surface area (Å²) in [5.74, 6) is 0. The maximum atomic E-state index is 4.92. The van der Waals surface area contributed by atoms with Gasteiger partial charge in [0.05, 0.1) is 31.8 Å². The van der Waals surface area contributed by atoms with Gasteiger partial charge in [0.15, 0.2) is 0 Å². The normalized spacial score (nSPS) is 10.5. The molecule has 0 aliphatic rings. The average Bonchev–Trinajstić information content (AvgIpc) is 3.20. The van der Waals surface area contributed by atoms with Gasteiger partial charge in [-0.25, -0.2) is 0 Å². The summed E-state index contributed by atoms with van der Waals surface area (Å²) in [7, 11) is -2.80. The summed E-state index contributed by atoms with van der Waals surface area (Å²) < 4.78 is 0. The largest absolute Gasteiger partial charge is 2.00 e. The van der Waals surface area contributed by atoms with Gasteiger partial charge in [-0.3, -0.25) is 0 Å². The van der Waals surface area contributed by atoms with E-state index in [2.05, 4.69) is 244 Å². The van der Waals surface area contributed by atoms with Gasteiger partial charge in [-0.2, -0.15) is 0 Å². The molecular formula is C48H64CoCrN3P4+3. The number of nitrogens with zero attached hydrogens (tertiary/aromatic N) is 3. The molecule has 0 amide bonds. The number of hydrogen-bond donors (Lipinski definition) is 0. The summed E-state index contributed by atoms with van der Waals surface area (Å²) in [4.78, 5) is 0. The Hall–Kier alpha value is -2.04. The van der Waals surface area contributed by atoms with Gasteiger partial charge in [0.2, 0.25) is 0 Å². The Bertz CT molecular complexity index is 1480. The maximum Gasteiger partial charge on any atom is 2.00 e. The Morgan fingerprint density at radius 2 is 0.421 bits per heavy atom. The van der Waals surface area contributed by atoms with Crippen LogP contribution < -0.4 is 31.8 Å². The fraction of sp³-hybridized carbons (Fsp3) is 0.250. The number of rotatable bonds is 12. The van der Waals surface area contributed by atoms with E-state index < -0.39 is 24.2 Å². The second kappa shape index (κ2) is 30.9. The second-order valence-corrected chi connectivity index (χ2v) is 23.7. The predicted octanol–water partition coefficient (Wildman–Crippen LogP) is 11.7. The van der Waals surface area contributed by atoms with Crippen LogP contribution in [0.25, 0.3) is 15.3 Å². The zero-order valence-corrected chi connectivity index (χ0v) is 41.5. The van der Waals surface area contributed by atoms with Crippen LogP contribution in [-0.2, 0) is 34.1 Å². The van der Waals surface area contributed by atoms with Gasteiger partial charge in [-0.05, 0) is 105 Å². The van der Waals surface area contributed by atoms with Gasteiger partial charge in [0.25, 0.3) is 0 Å². The molecule has 0 unspecified atom stereocenters. The fourth-order valence-corrected chi connectivity index (χ4v) is 11.8. The van der Waals surface area contributed by atoms with Crippen LogP contribution in [0.15, 0.2) is 182 Å². The molecule has 0 saturated carbocycles. The minimum atomic E-state index is -0.974. The molecule has 0 fully saturated rings. The first-order chi connectivity index (χ1) is 26.5. The standard InChI is InChI=1S/3C15H18NP.C3H9P.Co.Cr/c3*1-13(2)16-17(14-9-5-3-6-10-14)15-11-7-4-8-12-15;1-4(2)3;;/h3*3-13,17H,1-2H3;1-3H3;;/q;;;;+2;/p+1. The third-order valence-corrected chi connectivity index (χ3v) is 15.1. The molecule has 0 atom stereocenters. The van der Waals surface area contributed by atoms with Crippen LogP contribution in [0.3, 0.4) is 0 Å². The Morgan fingerprint density at radius 1 is 0.298 bits per heavy atom. The molecule has 0 bridgehead atoms. The molecule has 57 heavy (non-hydrogen) atoms. The van der Waals surface area contributed by atoms with Crippen LogP contribution in [0, 0.1) is 0 Å². The average molecular weight is 918 g/mol. The molecule has 303 valence electrons. The Balaban J connectivity index is 0.000000401. The number of hydrogen-bond acceptors (Lipinski definition) is 0. The molecular weight excluding hydrogens is 853 g/mol. The van der Waals surface area contributed by atoms with Crippen molar-refractivity contribution in [3.63, 3.8) is 0 Å². The van der Waals surface area contributed by atoms with Crippen molar-refractivity contribution in [3.8, 4) is 0 Å². The summed E-state index contributed by atoms with van der Waals surface area (Å²) in [6.45, 7) is 19.7. The molecule has 0 spiro atoms. The molecule has 1 radical (unpaired) electrons. The van der Waals surface area contributed by atoms with Crippen LogP contribution >= 0.6 is 32.1 Å². The fourth-order valence-electron chi connectivity index (χ4n) is 5.30. The SMILES string of the molecule is CC(C)[N-][PH+](c1ccccc1)c1ccccc1.CC(C)[N-][PH+](c1ccccc1)c1ccccc1.CC(C)[N-][PH+](c1ccccc1)c1ccccc1.C[PH+](C)C.[Co+2].[Cr].